The van der Waals surface area contributed by atoms with Crippen molar-refractivity contribution in [3.05, 3.63) is 35.4 Å². The van der Waals surface area contributed by atoms with Crippen LogP contribution in [0.1, 0.15) is 56.2 Å². The lowest BCUT2D eigenvalue weighted by Crippen LogP contribution is -2.43. The minimum atomic E-state index is 0.247. The molecule has 0 aromatic heterocycles. The third-order valence-corrected chi connectivity index (χ3v) is 4.83. The molecule has 2 atom stereocenters. The van der Waals surface area contributed by atoms with Crippen molar-refractivity contribution in [3.63, 3.8) is 0 Å². The molecule has 2 fully saturated rings. The number of nitrogens with two attached hydrogens (primary N) is 1. The molecule has 0 aliphatic heterocycles. The maximum absolute atomic E-state index is 6.51. The second-order valence-corrected chi connectivity index (χ2v) is 6.80. The number of rotatable bonds is 7. The zero-order chi connectivity index (χ0) is 14.1. The van der Waals surface area contributed by atoms with Crippen LogP contribution in [0.5, 0.6) is 0 Å². The van der Waals surface area contributed by atoms with Crippen LogP contribution in [-0.4, -0.2) is 23.5 Å². The zero-order valence-corrected chi connectivity index (χ0v) is 12.9. The third-order valence-electron chi connectivity index (χ3n) is 4.83. The predicted molar refractivity (Wildman–Crippen MR) is 84.6 cm³/mol. The summed E-state index contributed by atoms with van der Waals surface area (Å²) in [4.78, 5) is 2.73. The van der Waals surface area contributed by atoms with E-state index in [0.29, 0.717) is 6.04 Å². The van der Waals surface area contributed by atoms with Gasteiger partial charge in [0.15, 0.2) is 0 Å². The minimum absolute atomic E-state index is 0.247. The first kappa shape index (κ1) is 14.1. The van der Waals surface area contributed by atoms with E-state index in [1.165, 1.54) is 43.4 Å². The van der Waals surface area contributed by atoms with Gasteiger partial charge in [-0.3, -0.25) is 4.90 Å². The van der Waals surface area contributed by atoms with E-state index in [1.807, 2.05) is 0 Å². The average molecular weight is 272 g/mol. The fraction of sp³-hybridized carbons (Fsp3) is 0.667. The van der Waals surface area contributed by atoms with E-state index in [4.69, 9.17) is 5.73 Å². The molecule has 2 saturated carbocycles. The SMILES string of the molecule is CCC(N)C(c1ccc(C)cc1)N(CC1CC1)C1CC1. The highest BCUT2D eigenvalue weighted by Gasteiger charge is 2.39. The van der Waals surface area contributed by atoms with Crippen LogP contribution in [0.15, 0.2) is 24.3 Å². The molecular formula is C18H28N2. The second-order valence-electron chi connectivity index (χ2n) is 6.80. The lowest BCUT2D eigenvalue weighted by molar-refractivity contribution is 0.152. The Morgan fingerprint density at radius 3 is 2.30 bits per heavy atom. The molecular weight excluding hydrogens is 244 g/mol. The molecule has 3 rings (SSSR count). The molecule has 0 spiro atoms. The van der Waals surface area contributed by atoms with Crippen LogP contribution in [0.4, 0.5) is 0 Å². The lowest BCUT2D eigenvalue weighted by Gasteiger charge is -2.36. The summed E-state index contributed by atoms with van der Waals surface area (Å²) in [5, 5.41) is 0. The molecule has 110 valence electrons. The zero-order valence-electron chi connectivity index (χ0n) is 12.9. The quantitative estimate of drug-likeness (QED) is 0.821. The van der Waals surface area contributed by atoms with Gasteiger partial charge in [0, 0.05) is 18.6 Å². The highest BCUT2D eigenvalue weighted by Crippen LogP contribution is 2.40. The van der Waals surface area contributed by atoms with E-state index in [1.54, 1.807) is 0 Å². The summed E-state index contributed by atoms with van der Waals surface area (Å²) in [5.74, 6) is 0.938. The second kappa shape index (κ2) is 5.87. The van der Waals surface area contributed by atoms with E-state index in [2.05, 4.69) is 43.0 Å². The van der Waals surface area contributed by atoms with Gasteiger partial charge < -0.3 is 5.73 Å². The van der Waals surface area contributed by atoms with Gasteiger partial charge in [-0.25, -0.2) is 0 Å². The standard InChI is InChI=1S/C18H28N2/c1-3-17(19)18(15-8-4-13(2)5-9-15)20(16-10-11-16)12-14-6-7-14/h4-5,8-9,14,16-18H,3,6-7,10-12,19H2,1-2H3. The maximum Gasteiger partial charge on any atom is 0.0502 e. The Morgan fingerprint density at radius 2 is 1.80 bits per heavy atom. The van der Waals surface area contributed by atoms with Crippen molar-refractivity contribution >= 4 is 0 Å². The van der Waals surface area contributed by atoms with Gasteiger partial charge in [-0.15, -0.1) is 0 Å². The number of benzene rings is 1. The van der Waals surface area contributed by atoms with Gasteiger partial charge in [0.2, 0.25) is 0 Å². The molecule has 2 N–H and O–H groups in total. The third kappa shape index (κ3) is 3.24. The Morgan fingerprint density at radius 1 is 1.15 bits per heavy atom. The molecule has 1 aromatic rings. The van der Waals surface area contributed by atoms with Gasteiger partial charge in [0.1, 0.15) is 0 Å². The Kier molecular flexibility index (Phi) is 4.13. The summed E-state index contributed by atoms with van der Waals surface area (Å²) in [6.45, 7) is 5.63. The Hall–Kier alpha value is -0.860. The fourth-order valence-corrected chi connectivity index (χ4v) is 3.17. The smallest absolute Gasteiger partial charge is 0.0502 e. The monoisotopic (exact) mass is 272 g/mol. The number of nitrogens with zero attached hydrogens (tertiary/aromatic N) is 1. The van der Waals surface area contributed by atoms with E-state index in [-0.39, 0.29) is 6.04 Å². The molecule has 2 aliphatic carbocycles. The highest BCUT2D eigenvalue weighted by molar-refractivity contribution is 5.26. The molecule has 1 aromatic carbocycles. The summed E-state index contributed by atoms with van der Waals surface area (Å²) < 4.78 is 0. The molecule has 2 nitrogen and oxygen atoms in total. The average Bonchev–Trinajstić information content (AvgIpc) is 3.32. The van der Waals surface area contributed by atoms with E-state index in [0.717, 1.165) is 18.4 Å². The molecule has 2 unspecified atom stereocenters. The van der Waals surface area contributed by atoms with Crippen LogP contribution in [-0.2, 0) is 0 Å². The van der Waals surface area contributed by atoms with Crippen molar-refractivity contribution in [1.29, 1.82) is 0 Å². The number of hydrogen-bond acceptors (Lipinski definition) is 2. The largest absolute Gasteiger partial charge is 0.326 e. The normalized spacial score (nSPS) is 22.0. The van der Waals surface area contributed by atoms with E-state index >= 15 is 0 Å². The topological polar surface area (TPSA) is 29.3 Å². The van der Waals surface area contributed by atoms with Crippen molar-refractivity contribution in [2.45, 2.75) is 64.1 Å². The number of hydrogen-bond donors (Lipinski definition) is 1. The minimum Gasteiger partial charge on any atom is -0.326 e. The van der Waals surface area contributed by atoms with Gasteiger partial charge in [0.25, 0.3) is 0 Å². The van der Waals surface area contributed by atoms with Crippen LogP contribution in [0.3, 0.4) is 0 Å². The van der Waals surface area contributed by atoms with E-state index < -0.39 is 0 Å². The van der Waals surface area contributed by atoms with Crippen molar-refractivity contribution in [3.8, 4) is 0 Å². The van der Waals surface area contributed by atoms with Crippen LogP contribution < -0.4 is 5.73 Å². The number of aryl methyl sites for hydroxylation is 1. The van der Waals surface area contributed by atoms with Crippen LogP contribution >= 0.6 is 0 Å². The molecule has 0 radical (unpaired) electrons. The molecule has 0 amide bonds. The first-order chi connectivity index (χ1) is 9.69. The van der Waals surface area contributed by atoms with Crippen LogP contribution in [0.2, 0.25) is 0 Å². The Labute approximate surface area is 123 Å². The van der Waals surface area contributed by atoms with Crippen molar-refractivity contribution in [2.24, 2.45) is 11.7 Å². The van der Waals surface area contributed by atoms with Crippen LogP contribution in [0, 0.1) is 12.8 Å². The predicted octanol–water partition coefficient (Wildman–Crippen LogP) is 3.65. The van der Waals surface area contributed by atoms with Crippen molar-refractivity contribution in [2.75, 3.05) is 6.54 Å². The van der Waals surface area contributed by atoms with E-state index in [9.17, 15) is 0 Å². The lowest BCUT2D eigenvalue weighted by atomic mass is 9.95. The van der Waals surface area contributed by atoms with Gasteiger partial charge in [0.05, 0.1) is 6.04 Å². The van der Waals surface area contributed by atoms with Gasteiger partial charge in [-0.2, -0.15) is 0 Å². The van der Waals surface area contributed by atoms with Crippen molar-refractivity contribution < 1.29 is 0 Å². The van der Waals surface area contributed by atoms with Gasteiger partial charge in [-0.05, 0) is 50.5 Å². The molecule has 2 aliphatic rings. The molecule has 2 heteroatoms. The molecule has 20 heavy (non-hydrogen) atoms. The van der Waals surface area contributed by atoms with Gasteiger partial charge >= 0.3 is 0 Å². The first-order valence-electron chi connectivity index (χ1n) is 8.27. The highest BCUT2D eigenvalue weighted by atomic mass is 15.2. The fourth-order valence-electron chi connectivity index (χ4n) is 3.17. The first-order valence-corrected chi connectivity index (χ1v) is 8.27. The Bertz CT molecular complexity index is 431. The van der Waals surface area contributed by atoms with Crippen LogP contribution in [0.25, 0.3) is 0 Å². The molecule has 0 bridgehead atoms. The summed E-state index contributed by atoms with van der Waals surface area (Å²) in [6, 6.07) is 10.5. The summed E-state index contributed by atoms with van der Waals surface area (Å²) in [6.07, 6.45) is 6.62. The van der Waals surface area contributed by atoms with Gasteiger partial charge in [-0.1, -0.05) is 36.8 Å². The summed E-state index contributed by atoms with van der Waals surface area (Å²) in [7, 11) is 0. The van der Waals surface area contributed by atoms with Crippen molar-refractivity contribution in [1.82, 2.24) is 4.90 Å². The summed E-state index contributed by atoms with van der Waals surface area (Å²) >= 11 is 0. The maximum atomic E-state index is 6.51. The molecule has 0 heterocycles. The molecule has 0 saturated heterocycles. The summed E-state index contributed by atoms with van der Waals surface area (Å²) in [5.41, 5.74) is 9.25. The Balaban J connectivity index is 1.84.